The molecule has 121 heavy (non-hydrogen) atoms. The standard InChI is InChI=1S/C29H40N4O2.C24H20N2O2.C21H25NO2.C15H15NO2.C14H13NO/c34-28(30-20-24-7-3-1-4-8-24)32-26-15-11-22(12-16-26)19-23-13-17-27(18-14-23)33-29(35)31-21-25-9-5-2-6-10-25;27-23-21-11-5-3-9-19(21)15-25(23)13-17-7-1-2-8-18(17)14-26-16-20-10-4-6-12-22(20)24(26)28;23-20(16-15-18-9-3-1-4-10-18)13-7-8-14-21(24)22-17-19-11-5-2-6-12-19;17-15(16-11-13-7-3-1-4-8-13)18-12-14-9-5-2-6-10-14;16-14(13-9-5-2-6-10-13)15-11-12-7-3-1-4-8-12/h1-10,22-23,26-27H,11-21H2,(H2,30,32,34)(H2,31,33,35);1-12H,13-16H2;1-6,9-12H,7-8,13-17H2,(H,22,24);1-10H,11-12H2,(H,16,17);1-10H,11H2,(H,15,16). The number of ether oxygens (including phenoxy) is 1. The number of benzene rings is 11. The van der Waals surface area contributed by atoms with Gasteiger partial charge in [-0.2, -0.15) is 0 Å². The minimum Gasteiger partial charge on any atom is -0.445 e. The van der Waals surface area contributed by atoms with Gasteiger partial charge >= 0.3 is 18.2 Å². The van der Waals surface area contributed by atoms with Crippen molar-refractivity contribution >= 4 is 47.6 Å². The lowest BCUT2D eigenvalue weighted by molar-refractivity contribution is -0.122. The SMILES string of the molecule is O=C(CCCCC(=O)NCc1ccccc1)CCc1ccccc1.O=C(NCc1ccccc1)NC1CCC(CC2CCC(NC(=O)NCc3ccccc3)CC2)CC1.O=C(NCc1ccccc1)OCc1ccccc1.O=C(NCc1ccccc1)c1ccccc1.O=C1c2ccccc2CN1Cc1ccccc1CN1Cc2ccccc2C1=O. The molecule has 9 amide bonds. The Labute approximate surface area is 712 Å². The fourth-order valence-electron chi connectivity index (χ4n) is 15.3. The third kappa shape index (κ3) is 31.2. The Morgan fingerprint density at radius 3 is 1.08 bits per heavy atom. The first-order valence-electron chi connectivity index (χ1n) is 42.5. The maximum atomic E-state index is 12.7. The van der Waals surface area contributed by atoms with Gasteiger partial charge in [-0.25, -0.2) is 14.4 Å². The van der Waals surface area contributed by atoms with Gasteiger partial charge in [0.05, 0.1) is 0 Å². The molecule has 4 aliphatic rings. The molecular formula is C103H113N9O9. The van der Waals surface area contributed by atoms with Crippen molar-refractivity contribution in [3.63, 3.8) is 0 Å². The van der Waals surface area contributed by atoms with Crippen molar-refractivity contribution in [2.75, 3.05) is 0 Å². The average molecular weight is 1620 g/mol. The van der Waals surface area contributed by atoms with E-state index < -0.39 is 6.09 Å². The number of hydrogen-bond acceptors (Lipinski definition) is 9. The summed E-state index contributed by atoms with van der Waals surface area (Å²) in [5, 5.41) is 20.8. The number of carbonyl (C=O) groups excluding carboxylic acids is 8. The van der Waals surface area contributed by atoms with Gasteiger partial charge in [0.1, 0.15) is 12.4 Å². The van der Waals surface area contributed by atoms with Gasteiger partial charge in [-0.1, -0.05) is 291 Å². The van der Waals surface area contributed by atoms with E-state index in [0.29, 0.717) is 90.3 Å². The molecule has 11 aromatic rings. The number of nitrogens with one attached hydrogen (secondary N) is 7. The molecule has 0 spiro atoms. The molecular weight excluding hydrogens is 1510 g/mol. The van der Waals surface area contributed by atoms with Crippen molar-refractivity contribution in [1.29, 1.82) is 0 Å². The molecule has 2 fully saturated rings. The van der Waals surface area contributed by atoms with Crippen molar-refractivity contribution in [1.82, 2.24) is 47.0 Å². The van der Waals surface area contributed by atoms with Crippen LogP contribution in [0.5, 0.6) is 0 Å². The number of unbranched alkanes of at least 4 members (excludes halogenated alkanes) is 1. The fraction of sp³-hybridized carbons (Fsp3) is 0.282. The summed E-state index contributed by atoms with van der Waals surface area (Å²) in [6, 6.07) is 102. The Kier molecular flexibility index (Phi) is 36.0. The number of nitrogens with zero attached hydrogens (tertiary/aromatic N) is 2. The lowest BCUT2D eigenvalue weighted by Gasteiger charge is -2.34. The molecule has 2 saturated carbocycles. The number of ketones is 1. The predicted octanol–water partition coefficient (Wildman–Crippen LogP) is 19.3. The van der Waals surface area contributed by atoms with E-state index in [4.69, 9.17) is 4.74 Å². The van der Waals surface area contributed by atoms with Gasteiger partial charge in [0.15, 0.2) is 0 Å². The number of rotatable bonds is 29. The van der Waals surface area contributed by atoms with Crippen LogP contribution in [0.2, 0.25) is 0 Å². The van der Waals surface area contributed by atoms with Gasteiger partial charge in [-0.05, 0) is 174 Å². The molecule has 11 aromatic carbocycles. The van der Waals surface area contributed by atoms with E-state index in [1.807, 2.05) is 301 Å². The van der Waals surface area contributed by atoms with E-state index in [-0.39, 0.29) is 53.6 Å². The van der Waals surface area contributed by atoms with Crippen LogP contribution >= 0.6 is 0 Å². The van der Waals surface area contributed by atoms with E-state index in [2.05, 4.69) is 49.4 Å². The Hall–Kier alpha value is -13.2. The summed E-state index contributed by atoms with van der Waals surface area (Å²) in [6.45, 7) is 5.41. The van der Waals surface area contributed by atoms with Gasteiger partial charge in [-0.15, -0.1) is 0 Å². The molecule has 0 radical (unpaired) electrons. The van der Waals surface area contributed by atoms with Crippen LogP contribution in [0.25, 0.3) is 0 Å². The van der Waals surface area contributed by atoms with Crippen LogP contribution < -0.4 is 37.2 Å². The zero-order valence-electron chi connectivity index (χ0n) is 69.1. The topological polar surface area (TPSA) is 236 Å². The molecule has 2 aliphatic heterocycles. The van der Waals surface area contributed by atoms with Crippen molar-refractivity contribution in [3.8, 4) is 0 Å². The summed E-state index contributed by atoms with van der Waals surface area (Å²) in [5.74, 6) is 1.99. The zero-order valence-corrected chi connectivity index (χ0v) is 69.1. The van der Waals surface area contributed by atoms with Gasteiger partial charge in [0.25, 0.3) is 17.7 Å². The lowest BCUT2D eigenvalue weighted by atomic mass is 9.75. The van der Waals surface area contributed by atoms with Gasteiger partial charge in [0, 0.05) is 107 Å². The minimum absolute atomic E-state index is 0.0375. The quantitative estimate of drug-likeness (QED) is 0.0221. The van der Waals surface area contributed by atoms with Crippen LogP contribution in [0.15, 0.2) is 315 Å². The van der Waals surface area contributed by atoms with Crippen LogP contribution in [0, 0.1) is 11.8 Å². The molecule has 0 aromatic heterocycles. The van der Waals surface area contributed by atoms with E-state index in [1.165, 1.54) is 37.7 Å². The first-order chi connectivity index (χ1) is 59.3. The number of urea groups is 2. The van der Waals surface area contributed by atoms with Crippen LogP contribution in [0.4, 0.5) is 14.4 Å². The van der Waals surface area contributed by atoms with Crippen molar-refractivity contribution in [2.24, 2.45) is 11.8 Å². The molecule has 0 unspecified atom stereocenters. The monoisotopic (exact) mass is 1620 g/mol. The smallest absolute Gasteiger partial charge is 0.407 e. The first kappa shape index (κ1) is 88.6. The summed E-state index contributed by atoms with van der Waals surface area (Å²) in [7, 11) is 0. The van der Waals surface area contributed by atoms with Crippen LogP contribution in [0.3, 0.4) is 0 Å². The Balaban J connectivity index is 0.000000152. The Morgan fingerprint density at radius 2 is 0.669 bits per heavy atom. The Bertz CT molecular complexity index is 4720. The first-order valence-corrected chi connectivity index (χ1v) is 42.5. The maximum absolute atomic E-state index is 12.7. The predicted molar refractivity (Wildman–Crippen MR) is 477 cm³/mol. The molecule has 7 N–H and O–H groups in total. The van der Waals surface area contributed by atoms with E-state index >= 15 is 0 Å². The van der Waals surface area contributed by atoms with Gasteiger partial charge < -0.3 is 51.8 Å². The number of amides is 9. The summed E-state index contributed by atoms with van der Waals surface area (Å²) < 4.78 is 5.10. The van der Waals surface area contributed by atoms with Crippen LogP contribution in [0.1, 0.15) is 182 Å². The summed E-state index contributed by atoms with van der Waals surface area (Å²) in [6.07, 6.45) is 14.0. The molecule has 0 atom stereocenters. The highest BCUT2D eigenvalue weighted by Gasteiger charge is 2.31. The third-order valence-electron chi connectivity index (χ3n) is 22.1. The lowest BCUT2D eigenvalue weighted by Crippen LogP contribution is -2.44. The van der Waals surface area contributed by atoms with Crippen molar-refractivity contribution in [2.45, 2.75) is 174 Å². The summed E-state index contributed by atoms with van der Waals surface area (Å²) in [5.41, 5.74) is 14.3. The molecule has 18 nitrogen and oxygen atoms in total. The molecule has 0 saturated heterocycles. The molecule has 624 valence electrons. The second-order valence-corrected chi connectivity index (χ2v) is 31.1. The van der Waals surface area contributed by atoms with Crippen LogP contribution in [-0.4, -0.2) is 69.5 Å². The van der Waals surface area contributed by atoms with E-state index in [9.17, 15) is 38.4 Å². The number of carbonyl (C=O) groups is 8. The zero-order chi connectivity index (χ0) is 84.3. The van der Waals surface area contributed by atoms with Gasteiger partial charge in [0.2, 0.25) is 5.91 Å². The third-order valence-corrected chi connectivity index (χ3v) is 22.1. The molecule has 15 rings (SSSR count). The maximum Gasteiger partial charge on any atom is 0.407 e. The highest BCUT2D eigenvalue weighted by atomic mass is 16.5. The minimum atomic E-state index is -0.400. The van der Waals surface area contributed by atoms with E-state index in [1.54, 1.807) is 12.1 Å². The van der Waals surface area contributed by atoms with E-state index in [0.717, 1.165) is 124 Å². The number of fused-ring (bicyclic) bond motifs is 2. The highest BCUT2D eigenvalue weighted by molar-refractivity contribution is 5.99. The number of aryl methyl sites for hydroxylation is 1. The summed E-state index contributed by atoms with van der Waals surface area (Å²) >= 11 is 0. The largest absolute Gasteiger partial charge is 0.445 e. The molecule has 2 heterocycles. The Morgan fingerprint density at radius 1 is 0.331 bits per heavy atom. The fourth-order valence-corrected chi connectivity index (χ4v) is 15.3. The summed E-state index contributed by atoms with van der Waals surface area (Å²) in [4.78, 5) is 101. The van der Waals surface area contributed by atoms with Crippen LogP contribution in [-0.2, 0) is 86.3 Å². The average Bonchev–Trinajstić information content (AvgIpc) is 1.66. The number of Topliss-reactive ketones (excluding diaryl/α,β-unsaturated/α-hetero) is 1. The highest BCUT2D eigenvalue weighted by Crippen LogP contribution is 2.36. The van der Waals surface area contributed by atoms with Crippen molar-refractivity contribution < 1.29 is 43.1 Å². The second kappa shape index (κ2) is 49.2. The van der Waals surface area contributed by atoms with Gasteiger partial charge in [-0.3, -0.25) is 24.0 Å². The second-order valence-electron chi connectivity index (χ2n) is 31.1. The normalized spacial score (nSPS) is 15.3. The van der Waals surface area contributed by atoms with Crippen molar-refractivity contribution in [3.05, 3.63) is 393 Å². The number of alkyl carbamates (subject to hydrolysis) is 1. The number of hydrogen-bond donors (Lipinski definition) is 7. The molecule has 18 heteroatoms. The molecule has 0 bridgehead atoms. The molecule has 2 aliphatic carbocycles.